The molecule has 1 saturated carbocycles. The van der Waals surface area contributed by atoms with Gasteiger partial charge < -0.3 is 10.1 Å². The van der Waals surface area contributed by atoms with Gasteiger partial charge in [0, 0.05) is 30.3 Å². The van der Waals surface area contributed by atoms with E-state index in [9.17, 15) is 4.79 Å². The van der Waals surface area contributed by atoms with E-state index in [4.69, 9.17) is 4.74 Å². The van der Waals surface area contributed by atoms with Crippen molar-refractivity contribution in [2.45, 2.75) is 37.2 Å². The van der Waals surface area contributed by atoms with Crippen LogP contribution < -0.4 is 10.1 Å². The van der Waals surface area contributed by atoms with E-state index >= 15 is 0 Å². The number of hydrogen-bond donors (Lipinski definition) is 1. The van der Waals surface area contributed by atoms with Crippen LogP contribution in [0, 0.1) is 0 Å². The number of carbonyl (C=O) groups excluding carboxylic acids is 1. The lowest BCUT2D eigenvalue weighted by molar-refractivity contribution is -0.127. The van der Waals surface area contributed by atoms with Crippen molar-refractivity contribution in [2.75, 3.05) is 6.54 Å². The van der Waals surface area contributed by atoms with Crippen LogP contribution in [0.5, 0.6) is 5.75 Å². The van der Waals surface area contributed by atoms with Crippen LogP contribution in [0.3, 0.4) is 0 Å². The van der Waals surface area contributed by atoms with Crippen molar-refractivity contribution < 1.29 is 9.53 Å². The smallest absolute Gasteiger partial charge is 0.261 e. The summed E-state index contributed by atoms with van der Waals surface area (Å²) in [5, 5.41) is 3.10. The third-order valence-electron chi connectivity index (χ3n) is 5.06. The van der Waals surface area contributed by atoms with Crippen molar-refractivity contribution in [3.05, 3.63) is 59.9 Å². The minimum atomic E-state index is -0.409. The van der Waals surface area contributed by atoms with Crippen molar-refractivity contribution in [2.24, 2.45) is 0 Å². The highest BCUT2D eigenvalue weighted by atomic mass is 16.5. The van der Waals surface area contributed by atoms with E-state index < -0.39 is 6.10 Å². The number of pyridine rings is 1. The van der Waals surface area contributed by atoms with Crippen LogP contribution in [-0.4, -0.2) is 23.5 Å². The fourth-order valence-corrected chi connectivity index (χ4v) is 3.50. The van der Waals surface area contributed by atoms with Crippen LogP contribution in [0.4, 0.5) is 0 Å². The maximum atomic E-state index is 12.5. The molecule has 1 N–H and O–H groups in total. The van der Waals surface area contributed by atoms with E-state index in [2.05, 4.69) is 16.4 Å². The van der Waals surface area contributed by atoms with Gasteiger partial charge in [0.05, 0.1) is 0 Å². The zero-order chi connectivity index (χ0) is 15.7. The Morgan fingerprint density at radius 2 is 2.04 bits per heavy atom. The number of nitrogens with zero attached hydrogens (tertiary/aromatic N) is 1. The summed E-state index contributed by atoms with van der Waals surface area (Å²) in [4.78, 5) is 17.0. The Balaban J connectivity index is 1.40. The fourth-order valence-electron chi connectivity index (χ4n) is 3.50. The largest absolute Gasteiger partial charge is 0.480 e. The van der Waals surface area contributed by atoms with Gasteiger partial charge in [-0.1, -0.05) is 30.7 Å². The average molecular weight is 308 g/mol. The van der Waals surface area contributed by atoms with Crippen LogP contribution in [0.2, 0.25) is 0 Å². The van der Waals surface area contributed by atoms with Gasteiger partial charge in [0.25, 0.3) is 5.91 Å². The van der Waals surface area contributed by atoms with E-state index in [-0.39, 0.29) is 11.3 Å². The van der Waals surface area contributed by atoms with Gasteiger partial charge in [-0.25, -0.2) is 0 Å². The summed E-state index contributed by atoms with van der Waals surface area (Å²) in [6.07, 6.45) is 5.42. The SMILES string of the molecule is O=C(NCC1(c2ccccn2)CCC1)C1Cc2ccccc2O1. The number of nitrogens with one attached hydrogen (secondary N) is 1. The van der Waals surface area contributed by atoms with Crippen molar-refractivity contribution in [1.82, 2.24) is 10.3 Å². The highest BCUT2D eigenvalue weighted by Gasteiger charge is 2.41. The molecule has 1 aliphatic heterocycles. The summed E-state index contributed by atoms with van der Waals surface area (Å²) in [5.74, 6) is 0.805. The molecule has 118 valence electrons. The predicted octanol–water partition coefficient (Wildman–Crippen LogP) is 2.62. The van der Waals surface area contributed by atoms with Gasteiger partial charge in [-0.3, -0.25) is 9.78 Å². The quantitative estimate of drug-likeness (QED) is 0.944. The number of rotatable bonds is 4. The van der Waals surface area contributed by atoms with Crippen molar-refractivity contribution in [3.63, 3.8) is 0 Å². The Bertz CT molecular complexity index is 685. The molecular weight excluding hydrogens is 288 g/mol. The molecule has 1 unspecified atom stereocenters. The molecule has 2 heterocycles. The average Bonchev–Trinajstić information content (AvgIpc) is 2.99. The summed E-state index contributed by atoms with van der Waals surface area (Å²) in [6, 6.07) is 13.9. The molecule has 1 amide bonds. The van der Waals surface area contributed by atoms with E-state index in [0.717, 1.165) is 29.8 Å². The molecule has 4 heteroatoms. The monoisotopic (exact) mass is 308 g/mol. The van der Waals surface area contributed by atoms with Gasteiger partial charge in [0.1, 0.15) is 5.75 Å². The molecular formula is C19H20N2O2. The molecule has 0 radical (unpaired) electrons. The van der Waals surface area contributed by atoms with Crippen LogP contribution in [-0.2, 0) is 16.6 Å². The van der Waals surface area contributed by atoms with Crippen molar-refractivity contribution >= 4 is 5.91 Å². The molecule has 2 aliphatic rings. The Labute approximate surface area is 135 Å². The van der Waals surface area contributed by atoms with Gasteiger partial charge in [0.2, 0.25) is 0 Å². The zero-order valence-corrected chi connectivity index (χ0v) is 13.0. The summed E-state index contributed by atoms with van der Waals surface area (Å²) >= 11 is 0. The van der Waals surface area contributed by atoms with Gasteiger partial charge in [-0.05, 0) is 36.6 Å². The Morgan fingerprint density at radius 3 is 2.74 bits per heavy atom. The first-order valence-corrected chi connectivity index (χ1v) is 8.21. The molecule has 0 bridgehead atoms. The molecule has 1 fully saturated rings. The predicted molar refractivity (Wildman–Crippen MR) is 87.3 cm³/mol. The Kier molecular flexibility index (Phi) is 3.52. The topological polar surface area (TPSA) is 51.2 Å². The Hall–Kier alpha value is -2.36. The molecule has 1 atom stereocenters. The number of aromatic nitrogens is 1. The van der Waals surface area contributed by atoms with Crippen LogP contribution in [0.15, 0.2) is 48.7 Å². The molecule has 4 nitrogen and oxygen atoms in total. The fraction of sp³-hybridized carbons (Fsp3) is 0.368. The number of hydrogen-bond acceptors (Lipinski definition) is 3. The first kappa shape index (κ1) is 14.2. The molecule has 2 aromatic rings. The van der Waals surface area contributed by atoms with Crippen LogP contribution >= 0.6 is 0 Å². The first-order chi connectivity index (χ1) is 11.3. The lowest BCUT2D eigenvalue weighted by Crippen LogP contribution is -2.49. The number of ether oxygens (including phenoxy) is 1. The molecule has 1 aromatic carbocycles. The number of fused-ring (bicyclic) bond motifs is 1. The molecule has 0 spiro atoms. The van der Waals surface area contributed by atoms with E-state index in [1.165, 1.54) is 6.42 Å². The van der Waals surface area contributed by atoms with E-state index in [1.807, 2.05) is 42.6 Å². The van der Waals surface area contributed by atoms with Gasteiger partial charge in [-0.15, -0.1) is 0 Å². The zero-order valence-electron chi connectivity index (χ0n) is 13.0. The van der Waals surface area contributed by atoms with Crippen molar-refractivity contribution in [3.8, 4) is 5.75 Å². The minimum Gasteiger partial charge on any atom is -0.480 e. The Morgan fingerprint density at radius 1 is 1.22 bits per heavy atom. The van der Waals surface area contributed by atoms with Gasteiger partial charge >= 0.3 is 0 Å². The van der Waals surface area contributed by atoms with Crippen LogP contribution in [0.1, 0.15) is 30.5 Å². The summed E-state index contributed by atoms with van der Waals surface area (Å²) in [6.45, 7) is 0.638. The number of para-hydroxylation sites is 1. The second-order valence-corrected chi connectivity index (χ2v) is 6.49. The molecule has 0 saturated heterocycles. The summed E-state index contributed by atoms with van der Waals surface area (Å²) < 4.78 is 5.76. The second kappa shape index (κ2) is 5.69. The summed E-state index contributed by atoms with van der Waals surface area (Å²) in [7, 11) is 0. The minimum absolute atomic E-state index is 0.00236. The molecule has 1 aromatic heterocycles. The third-order valence-corrected chi connectivity index (χ3v) is 5.06. The van der Waals surface area contributed by atoms with Gasteiger partial charge in [0.15, 0.2) is 6.10 Å². The van der Waals surface area contributed by atoms with E-state index in [1.54, 1.807) is 0 Å². The highest BCUT2D eigenvalue weighted by molar-refractivity contribution is 5.82. The first-order valence-electron chi connectivity index (χ1n) is 8.21. The lowest BCUT2D eigenvalue weighted by Gasteiger charge is -2.41. The molecule has 4 rings (SSSR count). The number of benzene rings is 1. The number of carbonyl (C=O) groups is 1. The highest BCUT2D eigenvalue weighted by Crippen LogP contribution is 2.42. The normalized spacial score (nSPS) is 21.0. The maximum absolute atomic E-state index is 12.5. The number of amides is 1. The molecule has 23 heavy (non-hydrogen) atoms. The van der Waals surface area contributed by atoms with Gasteiger partial charge in [-0.2, -0.15) is 0 Å². The maximum Gasteiger partial charge on any atom is 0.261 e. The van der Waals surface area contributed by atoms with Crippen LogP contribution in [0.25, 0.3) is 0 Å². The standard InChI is InChI=1S/C19H20N2O2/c22-18(16-12-14-6-1-2-7-15(14)23-16)21-13-19(9-5-10-19)17-8-3-4-11-20-17/h1-4,6-8,11,16H,5,9-10,12-13H2,(H,21,22). The second-order valence-electron chi connectivity index (χ2n) is 6.49. The lowest BCUT2D eigenvalue weighted by atomic mass is 9.66. The third kappa shape index (κ3) is 2.58. The van der Waals surface area contributed by atoms with Crippen molar-refractivity contribution in [1.29, 1.82) is 0 Å². The van der Waals surface area contributed by atoms with E-state index in [0.29, 0.717) is 13.0 Å². The summed E-state index contributed by atoms with van der Waals surface area (Å²) in [5.41, 5.74) is 2.19. The molecule has 1 aliphatic carbocycles.